The molecule has 252 valence electrons. The molecule has 0 fully saturated rings. The molecule has 0 spiro atoms. The number of ketones is 1. The van der Waals surface area contributed by atoms with Crippen LogP contribution in [0, 0.1) is 20.8 Å². The van der Waals surface area contributed by atoms with Crippen LogP contribution in [0.2, 0.25) is 0 Å². The average molecular weight is 643 g/mol. The molecule has 0 unspecified atom stereocenters. The minimum atomic E-state index is -0.870. The maximum absolute atomic E-state index is 10.7. The van der Waals surface area contributed by atoms with Gasteiger partial charge < -0.3 is 38.6 Å². The molecular weight excluding hydrogens is 596 g/mol. The number of ether oxygens (including phenoxy) is 6. The molecule has 0 heterocycles. The van der Waals surface area contributed by atoms with Crippen molar-refractivity contribution in [2.24, 2.45) is 0 Å². The molecule has 0 saturated carbocycles. The van der Waals surface area contributed by atoms with E-state index in [1.54, 1.807) is 25.3 Å². The highest BCUT2D eigenvalue weighted by Crippen LogP contribution is 2.29. The van der Waals surface area contributed by atoms with Crippen LogP contribution in [0.25, 0.3) is 0 Å². The summed E-state index contributed by atoms with van der Waals surface area (Å²) in [6.45, 7) is 12.7. The van der Waals surface area contributed by atoms with E-state index in [9.17, 15) is 14.4 Å². The predicted octanol–water partition coefficient (Wildman–Crippen LogP) is 6.47. The molecule has 11 nitrogen and oxygen atoms in total. The molecule has 0 saturated heterocycles. The van der Waals surface area contributed by atoms with Gasteiger partial charge in [0, 0.05) is 6.07 Å². The lowest BCUT2D eigenvalue weighted by atomic mass is 10.2. The summed E-state index contributed by atoms with van der Waals surface area (Å²) in [5.41, 5.74) is 3.20. The van der Waals surface area contributed by atoms with Crippen molar-refractivity contribution in [3.8, 4) is 34.5 Å². The van der Waals surface area contributed by atoms with Crippen molar-refractivity contribution in [3.63, 3.8) is 0 Å². The van der Waals surface area contributed by atoms with Crippen LogP contribution < -0.4 is 28.4 Å². The highest BCUT2D eigenvalue weighted by Gasteiger charge is 2.07. The summed E-state index contributed by atoms with van der Waals surface area (Å²) >= 11 is 0. The lowest BCUT2D eigenvalue weighted by Crippen LogP contribution is -2.07. The van der Waals surface area contributed by atoms with Crippen LogP contribution in [0.15, 0.2) is 54.6 Å². The van der Waals surface area contributed by atoms with E-state index in [1.807, 2.05) is 71.0 Å². The molecule has 0 aliphatic rings. The molecule has 3 aromatic rings. The zero-order valence-corrected chi connectivity index (χ0v) is 27.7. The molecule has 0 atom stereocenters. The zero-order chi connectivity index (χ0) is 34.5. The second kappa shape index (κ2) is 21.7. The lowest BCUT2D eigenvalue weighted by molar-refractivity contribution is -0.138. The number of methoxy groups -OCH3 is 1. The number of Topliss-reactive ketones (excluding diaryl/α,β-unsaturated/α-hetero) is 1. The first-order valence-electron chi connectivity index (χ1n) is 14.8. The van der Waals surface area contributed by atoms with E-state index in [2.05, 4.69) is 0 Å². The van der Waals surface area contributed by atoms with Gasteiger partial charge >= 0.3 is 11.9 Å². The quantitative estimate of drug-likeness (QED) is 0.177. The van der Waals surface area contributed by atoms with Gasteiger partial charge in [-0.3, -0.25) is 14.4 Å². The summed E-state index contributed by atoms with van der Waals surface area (Å²) in [5.74, 6) is 2.16. The second-order valence-corrected chi connectivity index (χ2v) is 9.93. The molecular formula is C35H46O11. The fourth-order valence-electron chi connectivity index (χ4n) is 3.63. The summed E-state index contributed by atoms with van der Waals surface area (Å²) in [6, 6.07) is 16.7. The topological polar surface area (TPSA) is 147 Å². The molecule has 0 bridgehead atoms. The first-order valence-corrected chi connectivity index (χ1v) is 14.8. The van der Waals surface area contributed by atoms with Gasteiger partial charge in [0.05, 0.1) is 46.4 Å². The highest BCUT2D eigenvalue weighted by molar-refractivity contribution is 5.77. The first-order chi connectivity index (χ1) is 21.9. The van der Waals surface area contributed by atoms with Crippen LogP contribution in [0.4, 0.5) is 0 Å². The molecule has 0 aliphatic heterocycles. The fraction of sp³-hybridized carbons (Fsp3) is 0.400. The maximum atomic E-state index is 10.7. The maximum Gasteiger partial charge on any atom is 0.306 e. The number of aliphatic carboxylic acids is 2. The van der Waals surface area contributed by atoms with Gasteiger partial charge in [-0.1, -0.05) is 12.1 Å². The van der Waals surface area contributed by atoms with Crippen molar-refractivity contribution in [2.75, 3.05) is 40.1 Å². The number of carboxylic acids is 2. The number of hydrogen-bond acceptors (Lipinski definition) is 9. The minimum absolute atomic E-state index is 0.00207. The Hall–Kier alpha value is -4.93. The van der Waals surface area contributed by atoms with Crippen LogP contribution >= 0.6 is 0 Å². The Bertz CT molecular complexity index is 1380. The van der Waals surface area contributed by atoms with Crippen LogP contribution in [0.1, 0.15) is 50.3 Å². The van der Waals surface area contributed by atoms with E-state index >= 15 is 0 Å². The Morgan fingerprint density at radius 3 is 1.59 bits per heavy atom. The predicted molar refractivity (Wildman–Crippen MR) is 174 cm³/mol. The molecule has 0 aromatic heterocycles. The largest absolute Gasteiger partial charge is 0.494 e. The standard InChI is InChI=1S/2C12H16O4.C11H14O3/c1-3-15-10-6-9(2)7-11(8-10)16-5-4-12(13)14;1-3-15-11-8-9(2)4-5-10(11)16-7-6-12(13)14;1-8-4-5-10(11(6-8)13-3)14-7-9(2)12/h6-8H,3-5H2,1-2H3,(H,13,14);4-5,8H,3,6-7H2,1-2H3,(H,13,14);4-6H,7H2,1-3H3. The number of rotatable bonds is 16. The van der Waals surface area contributed by atoms with Gasteiger partial charge in [-0.2, -0.15) is 0 Å². The van der Waals surface area contributed by atoms with Gasteiger partial charge in [-0.05, 0) is 94.6 Å². The summed E-state index contributed by atoms with van der Waals surface area (Å²) in [4.78, 5) is 31.4. The van der Waals surface area contributed by atoms with Crippen molar-refractivity contribution in [3.05, 3.63) is 71.3 Å². The van der Waals surface area contributed by atoms with E-state index in [0.717, 1.165) is 22.4 Å². The third-order valence-corrected chi connectivity index (χ3v) is 5.64. The normalized spacial score (nSPS) is 9.80. The summed E-state index contributed by atoms with van der Waals surface area (Å²) in [6.07, 6.45) is -0.0165. The van der Waals surface area contributed by atoms with Gasteiger partial charge in [0.25, 0.3) is 0 Å². The molecule has 2 N–H and O–H groups in total. The van der Waals surface area contributed by atoms with Crippen molar-refractivity contribution < 1.29 is 53.0 Å². The van der Waals surface area contributed by atoms with Gasteiger partial charge in [0.15, 0.2) is 28.8 Å². The van der Waals surface area contributed by atoms with E-state index < -0.39 is 11.9 Å². The van der Waals surface area contributed by atoms with Crippen LogP contribution in [-0.2, 0) is 14.4 Å². The summed E-state index contributed by atoms with van der Waals surface area (Å²) in [7, 11) is 1.58. The number of aryl methyl sites for hydroxylation is 3. The van der Waals surface area contributed by atoms with E-state index in [1.165, 1.54) is 6.92 Å². The number of carbonyl (C=O) groups excluding carboxylic acids is 1. The Morgan fingerprint density at radius 2 is 1.09 bits per heavy atom. The third-order valence-electron chi connectivity index (χ3n) is 5.64. The Balaban J connectivity index is 0.000000346. The number of hydrogen-bond donors (Lipinski definition) is 2. The molecule has 3 aromatic carbocycles. The highest BCUT2D eigenvalue weighted by atomic mass is 16.5. The summed E-state index contributed by atoms with van der Waals surface area (Å²) < 4.78 is 31.8. The van der Waals surface area contributed by atoms with Gasteiger partial charge in [-0.15, -0.1) is 0 Å². The van der Waals surface area contributed by atoms with Crippen molar-refractivity contribution in [2.45, 2.75) is 54.4 Å². The van der Waals surface area contributed by atoms with Gasteiger partial charge in [0.1, 0.15) is 18.1 Å². The minimum Gasteiger partial charge on any atom is -0.494 e. The molecule has 0 amide bonds. The van der Waals surface area contributed by atoms with Gasteiger partial charge in [0.2, 0.25) is 0 Å². The smallest absolute Gasteiger partial charge is 0.306 e. The van der Waals surface area contributed by atoms with E-state index in [-0.39, 0.29) is 38.4 Å². The molecule has 46 heavy (non-hydrogen) atoms. The third kappa shape index (κ3) is 16.8. The van der Waals surface area contributed by atoms with Crippen molar-refractivity contribution in [1.29, 1.82) is 0 Å². The van der Waals surface area contributed by atoms with Crippen LogP contribution in [0.3, 0.4) is 0 Å². The van der Waals surface area contributed by atoms with Crippen molar-refractivity contribution >= 4 is 17.7 Å². The Morgan fingerprint density at radius 1 is 0.587 bits per heavy atom. The zero-order valence-electron chi connectivity index (χ0n) is 27.7. The Kier molecular flexibility index (Phi) is 18.5. The van der Waals surface area contributed by atoms with E-state index in [4.69, 9.17) is 38.6 Å². The van der Waals surface area contributed by atoms with Crippen LogP contribution in [-0.4, -0.2) is 68.1 Å². The molecule has 11 heteroatoms. The molecule has 0 radical (unpaired) electrons. The van der Waals surface area contributed by atoms with Crippen molar-refractivity contribution in [1.82, 2.24) is 0 Å². The number of benzene rings is 3. The average Bonchev–Trinajstić information content (AvgIpc) is 2.98. The first kappa shape index (κ1) is 39.1. The molecule has 3 rings (SSSR count). The Labute approximate surface area is 271 Å². The number of carbonyl (C=O) groups is 3. The fourth-order valence-corrected chi connectivity index (χ4v) is 3.63. The monoisotopic (exact) mass is 642 g/mol. The second-order valence-electron chi connectivity index (χ2n) is 9.93. The van der Waals surface area contributed by atoms with Crippen LogP contribution in [0.5, 0.6) is 34.5 Å². The van der Waals surface area contributed by atoms with Gasteiger partial charge in [-0.25, -0.2) is 0 Å². The van der Waals surface area contributed by atoms with E-state index in [0.29, 0.717) is 42.0 Å². The summed E-state index contributed by atoms with van der Waals surface area (Å²) in [5, 5.41) is 17.0. The SMILES string of the molecule is CCOc1cc(C)cc(OCCC(=O)O)c1.CCOc1cc(C)ccc1OCCC(=O)O.COc1cc(C)ccc1OCC(C)=O. The number of carboxylic acid groups (broad SMARTS) is 2. The lowest BCUT2D eigenvalue weighted by Gasteiger charge is -2.11. The molecule has 0 aliphatic carbocycles.